The number of aliphatic hydroxyl groups is 1. The highest BCUT2D eigenvalue weighted by molar-refractivity contribution is 9.10. The topological polar surface area (TPSA) is 32.3 Å². The maximum atomic E-state index is 9.57. The predicted molar refractivity (Wildman–Crippen MR) is 83.8 cm³/mol. The Balaban J connectivity index is 2.25. The van der Waals surface area contributed by atoms with Crippen molar-refractivity contribution in [3.05, 3.63) is 63.1 Å². The number of hydrogen-bond acceptors (Lipinski definition) is 2. The molecular formula is C15H15BrClNO. The van der Waals surface area contributed by atoms with Crippen LogP contribution < -0.4 is 5.32 Å². The molecule has 0 radical (unpaired) electrons. The number of halogens is 2. The Labute approximate surface area is 126 Å². The van der Waals surface area contributed by atoms with Gasteiger partial charge in [-0.05, 0) is 52.2 Å². The van der Waals surface area contributed by atoms with Gasteiger partial charge in [0.15, 0.2) is 0 Å². The smallest absolute Gasteiger partial charge is 0.0745 e. The van der Waals surface area contributed by atoms with Crippen LogP contribution in [0.5, 0.6) is 0 Å². The fourth-order valence-corrected chi connectivity index (χ4v) is 2.41. The van der Waals surface area contributed by atoms with Crippen molar-refractivity contribution < 1.29 is 5.11 Å². The molecule has 0 fully saturated rings. The average molecular weight is 341 g/mol. The van der Waals surface area contributed by atoms with Crippen LogP contribution in [0.15, 0.2) is 46.9 Å². The lowest BCUT2D eigenvalue weighted by Crippen LogP contribution is -2.15. The van der Waals surface area contributed by atoms with Gasteiger partial charge in [0.05, 0.1) is 12.6 Å². The number of aryl methyl sites for hydroxylation is 1. The summed E-state index contributed by atoms with van der Waals surface area (Å²) in [5, 5.41) is 13.6. The molecule has 2 nitrogen and oxygen atoms in total. The van der Waals surface area contributed by atoms with Gasteiger partial charge in [0.2, 0.25) is 0 Å². The second-order valence-corrected chi connectivity index (χ2v) is 5.63. The molecule has 100 valence electrons. The molecule has 0 aliphatic rings. The van der Waals surface area contributed by atoms with Gasteiger partial charge in [0, 0.05) is 15.2 Å². The van der Waals surface area contributed by atoms with E-state index in [0.29, 0.717) is 5.02 Å². The zero-order chi connectivity index (χ0) is 13.8. The third-order valence-electron chi connectivity index (χ3n) is 2.98. The van der Waals surface area contributed by atoms with Crippen molar-refractivity contribution in [2.24, 2.45) is 0 Å². The van der Waals surface area contributed by atoms with E-state index in [-0.39, 0.29) is 12.6 Å². The predicted octanol–water partition coefficient (Wildman–Crippen LogP) is 4.56. The number of nitrogens with one attached hydrogen (secondary N) is 1. The molecule has 0 spiro atoms. The second-order valence-electron chi connectivity index (χ2n) is 4.37. The Hall–Kier alpha value is -1.03. The first-order valence-corrected chi connectivity index (χ1v) is 7.17. The van der Waals surface area contributed by atoms with Gasteiger partial charge in [0.25, 0.3) is 0 Å². The molecule has 0 saturated heterocycles. The Morgan fingerprint density at radius 1 is 1.26 bits per heavy atom. The SMILES string of the molecule is Cc1ccc(C(CO)Nc2ccccc2Br)cc1Cl. The molecule has 0 saturated carbocycles. The first-order valence-electron chi connectivity index (χ1n) is 6.00. The van der Waals surface area contributed by atoms with Crippen LogP contribution >= 0.6 is 27.5 Å². The van der Waals surface area contributed by atoms with Crippen molar-refractivity contribution in [1.29, 1.82) is 0 Å². The van der Waals surface area contributed by atoms with E-state index in [1.54, 1.807) is 0 Å². The summed E-state index contributed by atoms with van der Waals surface area (Å²) in [5.74, 6) is 0. The summed E-state index contributed by atoms with van der Waals surface area (Å²) in [7, 11) is 0. The molecule has 0 amide bonds. The second kappa shape index (κ2) is 6.42. The monoisotopic (exact) mass is 339 g/mol. The van der Waals surface area contributed by atoms with Gasteiger partial charge in [-0.2, -0.15) is 0 Å². The van der Waals surface area contributed by atoms with Gasteiger partial charge in [0.1, 0.15) is 0 Å². The van der Waals surface area contributed by atoms with Gasteiger partial charge in [-0.3, -0.25) is 0 Å². The van der Waals surface area contributed by atoms with E-state index in [0.717, 1.165) is 21.3 Å². The Morgan fingerprint density at radius 3 is 2.63 bits per heavy atom. The zero-order valence-electron chi connectivity index (χ0n) is 10.5. The van der Waals surface area contributed by atoms with Crippen molar-refractivity contribution in [3.8, 4) is 0 Å². The molecule has 1 atom stereocenters. The lowest BCUT2D eigenvalue weighted by atomic mass is 10.1. The summed E-state index contributed by atoms with van der Waals surface area (Å²) in [6.07, 6.45) is 0. The molecule has 0 bridgehead atoms. The third-order valence-corrected chi connectivity index (χ3v) is 4.08. The van der Waals surface area contributed by atoms with Crippen molar-refractivity contribution in [3.63, 3.8) is 0 Å². The summed E-state index contributed by atoms with van der Waals surface area (Å²) >= 11 is 9.61. The van der Waals surface area contributed by atoms with Crippen LogP contribution in [-0.4, -0.2) is 11.7 Å². The van der Waals surface area contributed by atoms with Crippen LogP contribution in [0.1, 0.15) is 17.2 Å². The Morgan fingerprint density at radius 2 is 2.00 bits per heavy atom. The Kier molecular flexibility index (Phi) is 4.86. The van der Waals surface area contributed by atoms with E-state index in [1.807, 2.05) is 49.4 Å². The summed E-state index contributed by atoms with van der Waals surface area (Å²) in [6, 6.07) is 13.5. The highest BCUT2D eigenvalue weighted by atomic mass is 79.9. The third kappa shape index (κ3) is 3.50. The van der Waals surface area contributed by atoms with E-state index in [2.05, 4.69) is 21.2 Å². The van der Waals surface area contributed by atoms with Crippen LogP contribution in [0, 0.1) is 6.92 Å². The van der Waals surface area contributed by atoms with Gasteiger partial charge in [-0.1, -0.05) is 35.9 Å². The number of aliphatic hydroxyl groups excluding tert-OH is 1. The molecule has 0 aliphatic carbocycles. The number of para-hydroxylation sites is 1. The summed E-state index contributed by atoms with van der Waals surface area (Å²) in [6.45, 7) is 1.96. The number of hydrogen-bond donors (Lipinski definition) is 2. The van der Waals surface area contributed by atoms with E-state index < -0.39 is 0 Å². The van der Waals surface area contributed by atoms with Gasteiger partial charge < -0.3 is 10.4 Å². The molecular weight excluding hydrogens is 326 g/mol. The van der Waals surface area contributed by atoms with Gasteiger partial charge in [-0.15, -0.1) is 0 Å². The molecule has 2 aromatic rings. The fourth-order valence-electron chi connectivity index (χ4n) is 1.83. The van der Waals surface area contributed by atoms with Gasteiger partial charge >= 0.3 is 0 Å². The molecule has 0 aliphatic heterocycles. The summed E-state index contributed by atoms with van der Waals surface area (Å²) in [5.41, 5.74) is 2.94. The van der Waals surface area contributed by atoms with Crippen LogP contribution in [0.3, 0.4) is 0 Å². The average Bonchev–Trinajstić information content (AvgIpc) is 2.41. The van der Waals surface area contributed by atoms with Crippen LogP contribution in [0.4, 0.5) is 5.69 Å². The minimum Gasteiger partial charge on any atom is -0.394 e. The molecule has 1 unspecified atom stereocenters. The lowest BCUT2D eigenvalue weighted by Gasteiger charge is -2.19. The largest absolute Gasteiger partial charge is 0.394 e. The molecule has 19 heavy (non-hydrogen) atoms. The maximum absolute atomic E-state index is 9.57. The van der Waals surface area contributed by atoms with E-state index in [4.69, 9.17) is 11.6 Å². The highest BCUT2D eigenvalue weighted by Gasteiger charge is 2.12. The summed E-state index contributed by atoms with van der Waals surface area (Å²) in [4.78, 5) is 0. The minimum absolute atomic E-state index is 0.000718. The van der Waals surface area contributed by atoms with Crippen LogP contribution in [0.2, 0.25) is 5.02 Å². The first kappa shape index (κ1) is 14.4. The van der Waals surface area contributed by atoms with E-state index in [1.165, 1.54) is 0 Å². The molecule has 2 rings (SSSR count). The van der Waals surface area contributed by atoms with Crippen molar-refractivity contribution >= 4 is 33.2 Å². The normalized spacial score (nSPS) is 12.2. The van der Waals surface area contributed by atoms with E-state index >= 15 is 0 Å². The van der Waals surface area contributed by atoms with Crippen LogP contribution in [-0.2, 0) is 0 Å². The molecule has 2 N–H and O–H groups in total. The molecule has 0 heterocycles. The quantitative estimate of drug-likeness (QED) is 0.855. The van der Waals surface area contributed by atoms with Crippen LogP contribution in [0.25, 0.3) is 0 Å². The van der Waals surface area contributed by atoms with Crippen molar-refractivity contribution in [2.45, 2.75) is 13.0 Å². The number of anilines is 1. The Bertz CT molecular complexity index is 574. The fraction of sp³-hybridized carbons (Fsp3) is 0.200. The lowest BCUT2D eigenvalue weighted by molar-refractivity contribution is 0.276. The number of rotatable bonds is 4. The first-order chi connectivity index (χ1) is 9.11. The standard InChI is InChI=1S/C15H15BrClNO/c1-10-6-7-11(8-13(10)17)15(9-19)18-14-5-3-2-4-12(14)16/h2-8,15,18-19H,9H2,1H3. The molecule has 2 aromatic carbocycles. The minimum atomic E-state index is -0.184. The molecule has 4 heteroatoms. The van der Waals surface area contributed by atoms with E-state index in [9.17, 15) is 5.11 Å². The zero-order valence-corrected chi connectivity index (χ0v) is 12.9. The number of benzene rings is 2. The highest BCUT2D eigenvalue weighted by Crippen LogP contribution is 2.28. The summed E-state index contributed by atoms with van der Waals surface area (Å²) < 4.78 is 0.964. The van der Waals surface area contributed by atoms with Crippen molar-refractivity contribution in [1.82, 2.24) is 0 Å². The molecule has 0 aromatic heterocycles. The van der Waals surface area contributed by atoms with Gasteiger partial charge in [-0.25, -0.2) is 0 Å². The van der Waals surface area contributed by atoms with Crippen molar-refractivity contribution in [2.75, 3.05) is 11.9 Å². The maximum Gasteiger partial charge on any atom is 0.0745 e.